The van der Waals surface area contributed by atoms with E-state index in [0.29, 0.717) is 13.2 Å². The molecule has 0 spiro atoms. The lowest BCUT2D eigenvalue weighted by atomic mass is 10.3. The minimum Gasteiger partial charge on any atom is -0.465 e. The van der Waals surface area contributed by atoms with E-state index < -0.39 is 0 Å². The summed E-state index contributed by atoms with van der Waals surface area (Å²) < 4.78 is 4.89. The molecule has 1 N–H and O–H groups in total. The molecule has 0 aromatic carbocycles. The summed E-state index contributed by atoms with van der Waals surface area (Å²) in [7, 11) is 0. The van der Waals surface area contributed by atoms with E-state index in [1.165, 1.54) is 0 Å². The van der Waals surface area contributed by atoms with Crippen LogP contribution in [0.5, 0.6) is 0 Å². The lowest BCUT2D eigenvalue weighted by Crippen LogP contribution is -2.34. The summed E-state index contributed by atoms with van der Waals surface area (Å²) in [6, 6.07) is -0.272. The highest BCUT2D eigenvalue weighted by Crippen LogP contribution is 2.11. The van der Waals surface area contributed by atoms with Gasteiger partial charge in [-0.3, -0.25) is 10.1 Å². The number of ether oxygens (including phenoxy) is 1. The number of esters is 1. The minimum absolute atomic E-state index is 0.209. The molecule has 84 valence electrons. The van der Waals surface area contributed by atoms with Crippen molar-refractivity contribution in [1.29, 1.82) is 0 Å². The van der Waals surface area contributed by atoms with Gasteiger partial charge in [0.15, 0.2) is 0 Å². The number of hydrogen-bond donors (Lipinski definition) is 1. The van der Waals surface area contributed by atoms with Crippen LogP contribution in [0.3, 0.4) is 0 Å². The van der Waals surface area contributed by atoms with Crippen LogP contribution >= 0.6 is 11.3 Å². The van der Waals surface area contributed by atoms with Crippen molar-refractivity contribution >= 4 is 17.3 Å². The highest BCUT2D eigenvalue weighted by atomic mass is 32.1. The Hall–Kier alpha value is -0.940. The zero-order valence-corrected chi connectivity index (χ0v) is 10.1. The fourth-order valence-electron chi connectivity index (χ4n) is 1.09. The molecular formula is C10H16N2O2S. The third kappa shape index (κ3) is 3.60. The van der Waals surface area contributed by atoms with Crippen LogP contribution in [0.2, 0.25) is 0 Å². The third-order valence-electron chi connectivity index (χ3n) is 2.05. The van der Waals surface area contributed by atoms with E-state index in [9.17, 15) is 4.79 Å². The average Bonchev–Trinajstić information content (AvgIpc) is 2.61. The van der Waals surface area contributed by atoms with E-state index in [1.54, 1.807) is 30.7 Å². The van der Waals surface area contributed by atoms with E-state index >= 15 is 0 Å². The van der Waals surface area contributed by atoms with Gasteiger partial charge in [0.1, 0.15) is 6.04 Å². The predicted molar refractivity (Wildman–Crippen MR) is 59.8 cm³/mol. The van der Waals surface area contributed by atoms with E-state index in [0.717, 1.165) is 10.6 Å². The zero-order chi connectivity index (χ0) is 11.3. The highest BCUT2D eigenvalue weighted by molar-refractivity contribution is 7.09. The Labute approximate surface area is 93.7 Å². The van der Waals surface area contributed by atoms with E-state index in [4.69, 9.17) is 4.74 Å². The van der Waals surface area contributed by atoms with Crippen molar-refractivity contribution in [3.8, 4) is 0 Å². The van der Waals surface area contributed by atoms with E-state index in [2.05, 4.69) is 10.3 Å². The molecule has 1 atom stereocenters. The smallest absolute Gasteiger partial charge is 0.322 e. The third-order valence-corrected chi connectivity index (χ3v) is 2.99. The van der Waals surface area contributed by atoms with Crippen LogP contribution < -0.4 is 5.32 Å². The number of thiazole rings is 1. The molecular weight excluding hydrogens is 212 g/mol. The molecule has 0 bridgehead atoms. The van der Waals surface area contributed by atoms with Gasteiger partial charge in [-0.2, -0.15) is 0 Å². The second-order valence-corrected chi connectivity index (χ2v) is 4.15. The van der Waals surface area contributed by atoms with Crippen LogP contribution in [0.25, 0.3) is 0 Å². The molecule has 1 rings (SSSR count). The number of carbonyl (C=O) groups is 1. The summed E-state index contributed by atoms with van der Waals surface area (Å²) in [5, 5.41) is 3.11. The second-order valence-electron chi connectivity index (χ2n) is 3.22. The summed E-state index contributed by atoms with van der Waals surface area (Å²) in [6.45, 7) is 6.65. The molecule has 0 amide bonds. The van der Waals surface area contributed by atoms with Gasteiger partial charge in [-0.1, -0.05) is 0 Å². The monoisotopic (exact) mass is 228 g/mol. The van der Waals surface area contributed by atoms with Crippen LogP contribution in [0.4, 0.5) is 0 Å². The van der Waals surface area contributed by atoms with Gasteiger partial charge < -0.3 is 4.74 Å². The van der Waals surface area contributed by atoms with Crippen LogP contribution in [0.15, 0.2) is 5.51 Å². The van der Waals surface area contributed by atoms with Crippen molar-refractivity contribution < 1.29 is 9.53 Å². The Balaban J connectivity index is 2.37. The van der Waals surface area contributed by atoms with Crippen LogP contribution in [0.1, 0.15) is 24.4 Å². The van der Waals surface area contributed by atoms with Crippen molar-refractivity contribution in [2.45, 2.75) is 33.4 Å². The number of nitrogens with zero attached hydrogens (tertiary/aromatic N) is 1. The molecule has 1 aromatic rings. The topological polar surface area (TPSA) is 51.2 Å². The summed E-state index contributed by atoms with van der Waals surface area (Å²) in [5.41, 5.74) is 2.82. The molecule has 0 saturated carbocycles. The molecule has 0 aliphatic rings. The largest absolute Gasteiger partial charge is 0.465 e. The van der Waals surface area contributed by atoms with Crippen molar-refractivity contribution in [3.63, 3.8) is 0 Å². The molecule has 0 saturated heterocycles. The highest BCUT2D eigenvalue weighted by Gasteiger charge is 2.13. The summed E-state index contributed by atoms with van der Waals surface area (Å²) in [4.78, 5) is 16.6. The van der Waals surface area contributed by atoms with E-state index in [-0.39, 0.29) is 12.0 Å². The van der Waals surface area contributed by atoms with Gasteiger partial charge in [0.05, 0.1) is 17.8 Å². The quantitative estimate of drug-likeness (QED) is 0.776. The number of aryl methyl sites for hydroxylation is 1. The first kappa shape index (κ1) is 12.1. The van der Waals surface area contributed by atoms with Crippen LogP contribution in [-0.4, -0.2) is 23.6 Å². The SMILES string of the molecule is CCOC(=O)C(C)NCc1scnc1C. The van der Waals surface area contributed by atoms with Gasteiger partial charge in [-0.05, 0) is 20.8 Å². The Morgan fingerprint density at radius 3 is 3.00 bits per heavy atom. The summed E-state index contributed by atoms with van der Waals surface area (Å²) in [6.07, 6.45) is 0. The van der Waals surface area contributed by atoms with Crippen LogP contribution in [-0.2, 0) is 16.1 Å². The Morgan fingerprint density at radius 1 is 1.73 bits per heavy atom. The predicted octanol–water partition coefficient (Wildman–Crippen LogP) is 1.49. The summed E-state index contributed by atoms with van der Waals surface area (Å²) >= 11 is 1.59. The number of rotatable bonds is 5. The van der Waals surface area contributed by atoms with Gasteiger partial charge in [0.2, 0.25) is 0 Å². The van der Waals surface area contributed by atoms with Gasteiger partial charge in [-0.15, -0.1) is 11.3 Å². The minimum atomic E-state index is -0.272. The zero-order valence-electron chi connectivity index (χ0n) is 9.24. The van der Waals surface area contributed by atoms with E-state index in [1.807, 2.05) is 6.92 Å². The van der Waals surface area contributed by atoms with Gasteiger partial charge in [0, 0.05) is 11.4 Å². The fraction of sp³-hybridized carbons (Fsp3) is 0.600. The second kappa shape index (κ2) is 5.82. The molecule has 1 aromatic heterocycles. The standard InChI is InChI=1S/C10H16N2O2S/c1-4-14-10(13)8(3)11-5-9-7(2)12-6-15-9/h6,8,11H,4-5H2,1-3H3. The maximum atomic E-state index is 11.3. The molecule has 5 heteroatoms. The van der Waals surface area contributed by atoms with Gasteiger partial charge in [-0.25, -0.2) is 4.98 Å². The lowest BCUT2D eigenvalue weighted by molar-refractivity contribution is -0.145. The normalized spacial score (nSPS) is 12.5. The van der Waals surface area contributed by atoms with Crippen molar-refractivity contribution in [1.82, 2.24) is 10.3 Å². The Kier molecular flexibility index (Phi) is 4.71. The fourth-order valence-corrected chi connectivity index (χ4v) is 1.82. The molecule has 1 unspecified atom stereocenters. The number of aromatic nitrogens is 1. The first-order chi connectivity index (χ1) is 7.15. The molecule has 0 radical (unpaired) electrons. The van der Waals surface area contributed by atoms with Crippen molar-refractivity contribution in [2.75, 3.05) is 6.61 Å². The molecule has 0 aliphatic heterocycles. The lowest BCUT2D eigenvalue weighted by Gasteiger charge is -2.11. The van der Waals surface area contributed by atoms with Crippen LogP contribution in [0, 0.1) is 6.92 Å². The molecule has 0 aliphatic carbocycles. The first-order valence-electron chi connectivity index (χ1n) is 4.94. The van der Waals surface area contributed by atoms with Gasteiger partial charge >= 0.3 is 5.97 Å². The average molecular weight is 228 g/mol. The number of nitrogens with one attached hydrogen (secondary N) is 1. The molecule has 1 heterocycles. The first-order valence-corrected chi connectivity index (χ1v) is 5.82. The molecule has 15 heavy (non-hydrogen) atoms. The van der Waals surface area contributed by atoms with Gasteiger partial charge in [0.25, 0.3) is 0 Å². The number of hydrogen-bond acceptors (Lipinski definition) is 5. The van der Waals surface area contributed by atoms with Crippen molar-refractivity contribution in [2.24, 2.45) is 0 Å². The maximum absolute atomic E-state index is 11.3. The maximum Gasteiger partial charge on any atom is 0.322 e. The number of carbonyl (C=O) groups excluding carboxylic acids is 1. The Morgan fingerprint density at radius 2 is 2.47 bits per heavy atom. The Bertz CT molecular complexity index is 325. The molecule has 4 nitrogen and oxygen atoms in total. The van der Waals surface area contributed by atoms with Crippen molar-refractivity contribution in [3.05, 3.63) is 16.1 Å². The molecule has 0 fully saturated rings. The summed E-state index contributed by atoms with van der Waals surface area (Å²) in [5.74, 6) is -0.209.